The molecule has 3 rings (SSSR count). The van der Waals surface area contributed by atoms with Crippen LogP contribution in [0.2, 0.25) is 0 Å². The molecule has 6 heteroatoms. The summed E-state index contributed by atoms with van der Waals surface area (Å²) < 4.78 is 5.64. The number of ether oxygens (including phenoxy) is 1. The van der Waals surface area contributed by atoms with E-state index in [4.69, 9.17) is 10.5 Å². The molecule has 0 spiro atoms. The Balaban J connectivity index is 1.93. The Morgan fingerprint density at radius 1 is 1.50 bits per heavy atom. The number of amides is 1. The summed E-state index contributed by atoms with van der Waals surface area (Å²) in [4.78, 5) is 19.9. The monoisotopic (exact) mass is 248 g/mol. The van der Waals surface area contributed by atoms with Gasteiger partial charge in [0.25, 0.3) is 5.91 Å². The zero-order chi connectivity index (χ0) is 12.7. The molecule has 0 saturated carbocycles. The minimum absolute atomic E-state index is 0.251. The number of nitrogens with two attached hydrogens (primary N) is 1. The van der Waals surface area contributed by atoms with Crippen LogP contribution in [0.1, 0.15) is 10.5 Å². The predicted molar refractivity (Wildman–Crippen MR) is 66.9 cm³/mol. The van der Waals surface area contributed by atoms with Crippen molar-refractivity contribution in [3.8, 4) is 5.88 Å². The quantitative estimate of drug-likeness (QED) is 0.738. The summed E-state index contributed by atoms with van der Waals surface area (Å²) in [6.45, 7) is 3.56. The third-order valence-corrected chi connectivity index (χ3v) is 3.50. The summed E-state index contributed by atoms with van der Waals surface area (Å²) in [7, 11) is 2.11. The molecule has 96 valence electrons. The van der Waals surface area contributed by atoms with Gasteiger partial charge in [0.1, 0.15) is 18.0 Å². The normalized spacial score (nSPS) is 22.9. The number of likely N-dealkylation sites (N-methyl/N-ethyl adjacent to an activating group) is 1. The fourth-order valence-corrected chi connectivity index (χ4v) is 2.54. The van der Waals surface area contributed by atoms with Crippen LogP contribution in [0.4, 0.5) is 5.69 Å². The van der Waals surface area contributed by atoms with Crippen molar-refractivity contribution in [1.82, 2.24) is 9.88 Å². The van der Waals surface area contributed by atoms with Crippen LogP contribution in [0.25, 0.3) is 0 Å². The highest BCUT2D eigenvalue weighted by atomic mass is 16.5. The van der Waals surface area contributed by atoms with Crippen LogP contribution in [0.5, 0.6) is 5.88 Å². The van der Waals surface area contributed by atoms with Gasteiger partial charge in [-0.1, -0.05) is 0 Å². The van der Waals surface area contributed by atoms with Crippen LogP contribution in [0.3, 0.4) is 0 Å². The first-order valence-electron chi connectivity index (χ1n) is 6.04. The zero-order valence-electron chi connectivity index (χ0n) is 10.3. The number of primary amides is 1. The molecule has 0 aromatic carbocycles. The molecule has 1 fully saturated rings. The highest BCUT2D eigenvalue weighted by molar-refractivity contribution is 5.91. The van der Waals surface area contributed by atoms with Crippen LogP contribution in [-0.4, -0.2) is 55.1 Å². The van der Waals surface area contributed by atoms with E-state index >= 15 is 0 Å². The topological polar surface area (TPSA) is 71.7 Å². The third kappa shape index (κ3) is 1.78. The Morgan fingerprint density at radius 2 is 2.33 bits per heavy atom. The van der Waals surface area contributed by atoms with E-state index in [0.29, 0.717) is 18.5 Å². The largest absolute Gasteiger partial charge is 0.474 e. The van der Waals surface area contributed by atoms with Crippen LogP contribution in [-0.2, 0) is 0 Å². The predicted octanol–water partition coefficient (Wildman–Crippen LogP) is -0.307. The van der Waals surface area contributed by atoms with Crippen molar-refractivity contribution in [2.45, 2.75) is 6.04 Å². The van der Waals surface area contributed by atoms with E-state index in [0.717, 1.165) is 25.3 Å². The van der Waals surface area contributed by atoms with Crippen LogP contribution >= 0.6 is 0 Å². The number of fused-ring (bicyclic) bond motifs is 3. The first-order valence-corrected chi connectivity index (χ1v) is 6.04. The number of hydrogen-bond donors (Lipinski definition) is 1. The Kier molecular flexibility index (Phi) is 2.59. The number of aromatic nitrogens is 1. The van der Waals surface area contributed by atoms with Crippen LogP contribution < -0.4 is 15.4 Å². The van der Waals surface area contributed by atoms with Gasteiger partial charge in [0.05, 0.1) is 6.04 Å². The van der Waals surface area contributed by atoms with Gasteiger partial charge >= 0.3 is 0 Å². The molecule has 2 aliphatic heterocycles. The number of nitrogens with zero attached hydrogens (tertiary/aromatic N) is 3. The van der Waals surface area contributed by atoms with Gasteiger partial charge in [-0.3, -0.25) is 4.79 Å². The summed E-state index contributed by atoms with van der Waals surface area (Å²) in [6.07, 6.45) is 0. The molecule has 6 nitrogen and oxygen atoms in total. The number of rotatable bonds is 1. The molecule has 0 radical (unpaired) electrons. The molecule has 1 amide bonds. The van der Waals surface area contributed by atoms with E-state index in [-0.39, 0.29) is 5.69 Å². The molecule has 1 aromatic rings. The lowest BCUT2D eigenvalue weighted by atomic mass is 10.1. The number of anilines is 1. The average Bonchev–Trinajstić information content (AvgIpc) is 2.37. The molecule has 18 heavy (non-hydrogen) atoms. The van der Waals surface area contributed by atoms with Crippen LogP contribution in [0.15, 0.2) is 12.1 Å². The van der Waals surface area contributed by atoms with Crippen LogP contribution in [0, 0.1) is 0 Å². The molecule has 0 aliphatic carbocycles. The minimum atomic E-state index is -0.526. The second-order valence-corrected chi connectivity index (χ2v) is 4.81. The fourth-order valence-electron chi connectivity index (χ4n) is 2.54. The average molecular weight is 248 g/mol. The Bertz CT molecular complexity index is 491. The van der Waals surface area contributed by atoms with Gasteiger partial charge in [0.2, 0.25) is 5.88 Å². The third-order valence-electron chi connectivity index (χ3n) is 3.50. The lowest BCUT2D eigenvalue weighted by Gasteiger charge is -2.44. The van der Waals surface area contributed by atoms with E-state index in [1.807, 2.05) is 6.07 Å². The maximum atomic E-state index is 11.1. The maximum Gasteiger partial charge on any atom is 0.267 e. The molecule has 1 unspecified atom stereocenters. The number of piperazine rings is 1. The zero-order valence-corrected chi connectivity index (χ0v) is 10.3. The van der Waals surface area contributed by atoms with E-state index in [1.165, 1.54) is 0 Å². The van der Waals surface area contributed by atoms with Gasteiger partial charge < -0.3 is 20.3 Å². The molecule has 1 aromatic heterocycles. The van der Waals surface area contributed by atoms with Gasteiger partial charge in [-0.25, -0.2) is 4.98 Å². The number of carbonyl (C=O) groups excluding carboxylic acids is 1. The molecular formula is C12H16N4O2. The second kappa shape index (κ2) is 4.13. The standard InChI is InChI=1S/C12H16N4O2/c1-15-4-5-16-8(6-15)7-18-12-10(16)3-2-9(14-12)11(13)17/h2-3,8H,4-7H2,1H3,(H2,13,17). The number of hydrogen-bond acceptors (Lipinski definition) is 5. The highest BCUT2D eigenvalue weighted by Gasteiger charge is 2.32. The molecule has 1 saturated heterocycles. The van der Waals surface area contributed by atoms with Crippen molar-refractivity contribution in [3.05, 3.63) is 17.8 Å². The van der Waals surface area contributed by atoms with Crippen molar-refractivity contribution < 1.29 is 9.53 Å². The molecule has 2 aliphatic rings. The summed E-state index contributed by atoms with van der Waals surface area (Å²) in [6, 6.07) is 3.89. The van der Waals surface area contributed by atoms with Crippen molar-refractivity contribution in [1.29, 1.82) is 0 Å². The summed E-state index contributed by atoms with van der Waals surface area (Å²) in [5.74, 6) is -0.00555. The Morgan fingerprint density at radius 3 is 3.11 bits per heavy atom. The van der Waals surface area contributed by atoms with E-state index in [1.54, 1.807) is 6.07 Å². The van der Waals surface area contributed by atoms with Gasteiger partial charge in [-0.05, 0) is 19.2 Å². The van der Waals surface area contributed by atoms with E-state index < -0.39 is 5.91 Å². The van der Waals surface area contributed by atoms with E-state index in [9.17, 15) is 4.79 Å². The minimum Gasteiger partial charge on any atom is -0.474 e. The number of pyridine rings is 1. The maximum absolute atomic E-state index is 11.1. The highest BCUT2D eigenvalue weighted by Crippen LogP contribution is 2.33. The van der Waals surface area contributed by atoms with Crippen molar-refractivity contribution in [2.24, 2.45) is 5.73 Å². The second-order valence-electron chi connectivity index (χ2n) is 4.81. The first kappa shape index (κ1) is 11.3. The van der Waals surface area contributed by atoms with Crippen molar-refractivity contribution >= 4 is 11.6 Å². The Labute approximate surface area is 105 Å². The van der Waals surface area contributed by atoms with E-state index in [2.05, 4.69) is 21.8 Å². The van der Waals surface area contributed by atoms with Crippen molar-refractivity contribution in [3.63, 3.8) is 0 Å². The molecular weight excluding hydrogens is 232 g/mol. The summed E-state index contributed by atoms with van der Waals surface area (Å²) in [5, 5.41) is 0. The summed E-state index contributed by atoms with van der Waals surface area (Å²) >= 11 is 0. The molecule has 3 heterocycles. The Hall–Kier alpha value is -1.82. The van der Waals surface area contributed by atoms with Gasteiger partial charge in [0.15, 0.2) is 0 Å². The molecule has 1 atom stereocenters. The van der Waals surface area contributed by atoms with Gasteiger partial charge in [0, 0.05) is 19.6 Å². The smallest absolute Gasteiger partial charge is 0.267 e. The first-order chi connectivity index (χ1) is 8.65. The van der Waals surface area contributed by atoms with Crippen molar-refractivity contribution in [2.75, 3.05) is 38.2 Å². The summed E-state index contributed by atoms with van der Waals surface area (Å²) in [5.41, 5.74) is 6.43. The lowest BCUT2D eigenvalue weighted by molar-refractivity contribution is 0.0993. The fraction of sp³-hybridized carbons (Fsp3) is 0.500. The SMILES string of the molecule is CN1CCN2c3ccc(C(N)=O)nc3OCC2C1. The molecule has 2 N–H and O–H groups in total. The van der Waals surface area contributed by atoms with Gasteiger partial charge in [-0.15, -0.1) is 0 Å². The lowest BCUT2D eigenvalue weighted by Crippen LogP contribution is -2.56. The van der Waals surface area contributed by atoms with Gasteiger partial charge in [-0.2, -0.15) is 0 Å². The molecule has 0 bridgehead atoms. The number of carbonyl (C=O) groups is 1.